The van der Waals surface area contributed by atoms with Crippen molar-refractivity contribution >= 4 is 39.5 Å². The van der Waals surface area contributed by atoms with Crippen molar-refractivity contribution < 1.29 is 4.74 Å². The molecule has 0 bridgehead atoms. The molecule has 0 saturated heterocycles. The van der Waals surface area contributed by atoms with Gasteiger partial charge >= 0.3 is 0 Å². The molecule has 0 fully saturated rings. The Morgan fingerprint density at radius 3 is 2.29 bits per heavy atom. The number of benzene rings is 2. The van der Waals surface area contributed by atoms with Crippen molar-refractivity contribution in [1.82, 2.24) is 9.61 Å². The molecule has 0 unspecified atom stereocenters. The third-order valence-electron chi connectivity index (χ3n) is 3.96. The van der Waals surface area contributed by atoms with Gasteiger partial charge < -0.3 is 4.74 Å². The maximum atomic E-state index is 6.57. The first-order valence-corrected chi connectivity index (χ1v) is 8.44. The van der Waals surface area contributed by atoms with Crippen LogP contribution in [0.15, 0.2) is 54.6 Å². The normalized spacial score (nSPS) is 11.3. The van der Waals surface area contributed by atoms with E-state index in [1.165, 1.54) is 0 Å². The average molecular weight is 357 g/mol. The van der Waals surface area contributed by atoms with Gasteiger partial charge in [-0.3, -0.25) is 0 Å². The summed E-state index contributed by atoms with van der Waals surface area (Å²) in [6.07, 6.45) is 0. The van der Waals surface area contributed by atoms with Gasteiger partial charge in [-0.15, -0.1) is 5.10 Å². The molecule has 0 atom stereocenters. The first-order chi connectivity index (χ1) is 11.7. The van der Waals surface area contributed by atoms with Crippen molar-refractivity contribution in [3.8, 4) is 17.1 Å². The fourth-order valence-electron chi connectivity index (χ4n) is 2.95. The molecule has 0 aliphatic carbocycles. The first-order valence-electron chi connectivity index (χ1n) is 7.69. The first kappa shape index (κ1) is 15.3. The Balaban J connectivity index is 2.18. The molecule has 0 saturated carbocycles. The highest BCUT2D eigenvalue weighted by atomic mass is 35.5. The number of hydrogen-bond donors (Lipinski definition) is 0. The van der Waals surface area contributed by atoms with Gasteiger partial charge in [0.05, 0.1) is 27.9 Å². The number of ether oxygens (including phenoxy) is 1. The third-order valence-corrected chi connectivity index (χ3v) is 4.80. The van der Waals surface area contributed by atoms with Gasteiger partial charge in [-0.05, 0) is 13.0 Å². The molecular formula is C19H14Cl2N2O. The lowest BCUT2D eigenvalue weighted by atomic mass is 10.1. The zero-order valence-electron chi connectivity index (χ0n) is 13.0. The molecule has 0 spiro atoms. The molecule has 0 aliphatic rings. The van der Waals surface area contributed by atoms with E-state index in [-0.39, 0.29) is 0 Å². The third kappa shape index (κ3) is 2.24. The maximum Gasteiger partial charge on any atom is 0.239 e. The lowest BCUT2D eigenvalue weighted by Gasteiger charge is -2.10. The van der Waals surface area contributed by atoms with E-state index in [0.29, 0.717) is 22.5 Å². The largest absolute Gasteiger partial charge is 0.476 e. The molecule has 0 aliphatic heterocycles. The fourth-order valence-corrected chi connectivity index (χ4v) is 3.50. The van der Waals surface area contributed by atoms with Crippen molar-refractivity contribution in [2.75, 3.05) is 6.61 Å². The molecule has 4 rings (SSSR count). The van der Waals surface area contributed by atoms with E-state index in [4.69, 9.17) is 27.9 Å². The quantitative estimate of drug-likeness (QED) is 0.459. The summed E-state index contributed by atoms with van der Waals surface area (Å²) in [5.74, 6) is 0.570. The second kappa shape index (κ2) is 6.00. The number of hydrogen-bond acceptors (Lipinski definition) is 2. The van der Waals surface area contributed by atoms with E-state index >= 15 is 0 Å². The molecule has 24 heavy (non-hydrogen) atoms. The zero-order chi connectivity index (χ0) is 16.7. The molecule has 5 heteroatoms. The van der Waals surface area contributed by atoms with Gasteiger partial charge in [-0.2, -0.15) is 0 Å². The van der Waals surface area contributed by atoms with Crippen LogP contribution in [-0.2, 0) is 0 Å². The van der Waals surface area contributed by atoms with Crippen LogP contribution in [0.25, 0.3) is 27.5 Å². The van der Waals surface area contributed by atoms with Crippen LogP contribution >= 0.6 is 23.2 Å². The Morgan fingerprint density at radius 1 is 0.917 bits per heavy atom. The Kier molecular flexibility index (Phi) is 3.83. The molecule has 3 nitrogen and oxygen atoms in total. The molecule has 120 valence electrons. The van der Waals surface area contributed by atoms with Crippen LogP contribution in [0.1, 0.15) is 6.92 Å². The van der Waals surface area contributed by atoms with Crippen LogP contribution < -0.4 is 4.74 Å². The van der Waals surface area contributed by atoms with Crippen LogP contribution in [0, 0.1) is 0 Å². The molecule has 2 aromatic heterocycles. The SMILES string of the molecule is CCOc1nn2c(-c3ccccc3)c(Cl)c(Cl)c2c2ccccc12. The summed E-state index contributed by atoms with van der Waals surface area (Å²) in [6.45, 7) is 2.47. The highest BCUT2D eigenvalue weighted by Gasteiger charge is 2.21. The standard InChI is InChI=1S/C19H14Cl2N2O/c1-2-24-19-14-11-7-6-10-13(14)18-16(21)15(20)17(23(18)22-19)12-8-4-3-5-9-12/h3-11H,2H2,1H3. The highest BCUT2D eigenvalue weighted by molar-refractivity contribution is 6.47. The smallest absolute Gasteiger partial charge is 0.239 e. The van der Waals surface area contributed by atoms with Crippen LogP contribution in [0.5, 0.6) is 5.88 Å². The maximum absolute atomic E-state index is 6.57. The Hall–Kier alpha value is -2.23. The Labute approximate surface area is 149 Å². The molecular weight excluding hydrogens is 343 g/mol. The number of fused-ring (bicyclic) bond motifs is 3. The summed E-state index contributed by atoms with van der Waals surface area (Å²) >= 11 is 13.1. The number of aromatic nitrogens is 2. The summed E-state index contributed by atoms with van der Waals surface area (Å²) in [4.78, 5) is 0. The summed E-state index contributed by atoms with van der Waals surface area (Å²) < 4.78 is 7.53. The van der Waals surface area contributed by atoms with Gasteiger partial charge in [-0.1, -0.05) is 71.7 Å². The van der Waals surface area contributed by atoms with Gasteiger partial charge in [0, 0.05) is 16.3 Å². The summed E-state index contributed by atoms with van der Waals surface area (Å²) in [7, 11) is 0. The van der Waals surface area contributed by atoms with Crippen molar-refractivity contribution in [1.29, 1.82) is 0 Å². The second-order valence-corrected chi connectivity index (χ2v) is 6.14. The zero-order valence-corrected chi connectivity index (χ0v) is 14.5. The lowest BCUT2D eigenvalue weighted by molar-refractivity contribution is 0.326. The lowest BCUT2D eigenvalue weighted by Crippen LogP contribution is -2.02. The summed E-state index contributed by atoms with van der Waals surface area (Å²) in [5.41, 5.74) is 2.51. The predicted octanol–water partition coefficient (Wildman–Crippen LogP) is 5.86. The molecule has 4 aromatic rings. The van der Waals surface area contributed by atoms with Crippen LogP contribution in [-0.4, -0.2) is 16.2 Å². The van der Waals surface area contributed by atoms with Gasteiger partial charge in [0.1, 0.15) is 0 Å². The van der Waals surface area contributed by atoms with E-state index in [9.17, 15) is 0 Å². The molecule has 0 N–H and O–H groups in total. The van der Waals surface area contributed by atoms with Gasteiger partial charge in [0.15, 0.2) is 0 Å². The van der Waals surface area contributed by atoms with Crippen LogP contribution in [0.4, 0.5) is 0 Å². The average Bonchev–Trinajstić information content (AvgIpc) is 2.87. The van der Waals surface area contributed by atoms with Crippen molar-refractivity contribution in [2.45, 2.75) is 6.92 Å². The fraction of sp³-hybridized carbons (Fsp3) is 0.105. The minimum Gasteiger partial charge on any atom is -0.476 e. The Bertz CT molecular complexity index is 1040. The molecule has 0 radical (unpaired) electrons. The van der Waals surface area contributed by atoms with E-state index in [1.807, 2.05) is 61.5 Å². The highest BCUT2D eigenvalue weighted by Crippen LogP contribution is 2.42. The molecule has 2 aromatic carbocycles. The monoisotopic (exact) mass is 356 g/mol. The van der Waals surface area contributed by atoms with Crippen molar-refractivity contribution in [3.63, 3.8) is 0 Å². The molecule has 0 amide bonds. The topological polar surface area (TPSA) is 26.5 Å². The minimum atomic E-state index is 0.495. The van der Waals surface area contributed by atoms with Gasteiger partial charge in [0.2, 0.25) is 5.88 Å². The van der Waals surface area contributed by atoms with Crippen LogP contribution in [0.3, 0.4) is 0 Å². The van der Waals surface area contributed by atoms with Gasteiger partial charge in [0.25, 0.3) is 0 Å². The summed E-state index contributed by atoms with van der Waals surface area (Å²) in [6, 6.07) is 17.8. The van der Waals surface area contributed by atoms with E-state index in [1.54, 1.807) is 4.52 Å². The van der Waals surface area contributed by atoms with E-state index in [0.717, 1.165) is 27.5 Å². The minimum absolute atomic E-state index is 0.495. The number of nitrogens with zero attached hydrogens (tertiary/aromatic N) is 2. The summed E-state index contributed by atoms with van der Waals surface area (Å²) in [5, 5.41) is 7.56. The number of halogens is 2. The van der Waals surface area contributed by atoms with Crippen molar-refractivity contribution in [3.05, 3.63) is 64.6 Å². The molecule has 2 heterocycles. The Morgan fingerprint density at radius 2 is 1.58 bits per heavy atom. The van der Waals surface area contributed by atoms with Gasteiger partial charge in [-0.25, -0.2) is 4.52 Å². The number of rotatable bonds is 3. The van der Waals surface area contributed by atoms with Crippen molar-refractivity contribution in [2.24, 2.45) is 0 Å². The predicted molar refractivity (Wildman–Crippen MR) is 99.3 cm³/mol. The van der Waals surface area contributed by atoms with E-state index in [2.05, 4.69) is 5.10 Å². The van der Waals surface area contributed by atoms with E-state index < -0.39 is 0 Å². The van der Waals surface area contributed by atoms with Crippen LogP contribution in [0.2, 0.25) is 10.0 Å². The second-order valence-electron chi connectivity index (χ2n) is 5.39.